The number of aliphatic hydroxyl groups is 1. The van der Waals surface area contributed by atoms with Crippen molar-refractivity contribution >= 4 is 48.8 Å². The lowest BCUT2D eigenvalue weighted by molar-refractivity contribution is 0.0891. The first kappa shape index (κ1) is 29.7. The van der Waals surface area contributed by atoms with E-state index in [9.17, 15) is 9.90 Å². The summed E-state index contributed by atoms with van der Waals surface area (Å²) in [7, 11) is -0.396. The smallest absolute Gasteiger partial charge is 0.407 e. The van der Waals surface area contributed by atoms with Gasteiger partial charge in [0.25, 0.3) is 0 Å². The van der Waals surface area contributed by atoms with Gasteiger partial charge in [-0.15, -0.1) is 0 Å². The third-order valence-corrected chi connectivity index (χ3v) is 9.26. The maximum absolute atomic E-state index is 12.8. The summed E-state index contributed by atoms with van der Waals surface area (Å²) in [4.78, 5) is 18.4. The zero-order valence-electron chi connectivity index (χ0n) is 23.2. The average molecular weight is 579 g/mol. The molecular formula is C31H38N4O3S2. The molecule has 0 saturated carbocycles. The van der Waals surface area contributed by atoms with E-state index in [4.69, 9.17) is 10.5 Å². The summed E-state index contributed by atoms with van der Waals surface area (Å²) in [5.41, 5.74) is 8.76. The van der Waals surface area contributed by atoms with Crippen molar-refractivity contribution in [2.24, 2.45) is 5.92 Å². The second-order valence-corrected chi connectivity index (χ2v) is 13.2. The predicted octanol–water partition coefficient (Wildman–Crippen LogP) is 6.10. The van der Waals surface area contributed by atoms with Crippen molar-refractivity contribution in [3.05, 3.63) is 90.0 Å². The molecule has 4 aromatic rings. The second-order valence-electron chi connectivity index (χ2n) is 10.0. The number of benzene rings is 3. The van der Waals surface area contributed by atoms with Gasteiger partial charge in [-0.05, 0) is 54.0 Å². The Morgan fingerprint density at radius 3 is 2.40 bits per heavy atom. The fourth-order valence-electron chi connectivity index (χ4n) is 4.54. The van der Waals surface area contributed by atoms with Gasteiger partial charge in [-0.2, -0.15) is 0 Å². The number of nitrogens with two attached hydrogens (primary N) is 1. The molecule has 1 aromatic heterocycles. The molecular weight excluding hydrogens is 541 g/mol. The fraction of sp³-hybridized carbons (Fsp3) is 0.323. The Kier molecular flexibility index (Phi) is 10.7. The van der Waals surface area contributed by atoms with E-state index in [0.717, 1.165) is 32.8 Å². The van der Waals surface area contributed by atoms with Crippen LogP contribution in [0.15, 0.2) is 83.8 Å². The molecule has 4 N–H and O–H groups in total. The van der Waals surface area contributed by atoms with Crippen LogP contribution in [0, 0.1) is 5.92 Å². The number of nitrogens with one attached hydrogen (secondary N) is 1. The summed E-state index contributed by atoms with van der Waals surface area (Å²) in [5.74, 6) is 0.372. The number of ether oxygens (including phenoxy) is 1. The van der Waals surface area contributed by atoms with Crippen molar-refractivity contribution in [3.63, 3.8) is 0 Å². The van der Waals surface area contributed by atoms with Gasteiger partial charge in [-0.1, -0.05) is 96.5 Å². The molecule has 3 atom stereocenters. The summed E-state index contributed by atoms with van der Waals surface area (Å²) < 4.78 is 8.85. The molecule has 1 heterocycles. The molecule has 4 rings (SSSR count). The molecule has 3 aromatic carbocycles. The molecule has 0 aliphatic heterocycles. The molecule has 1 amide bonds. The maximum Gasteiger partial charge on any atom is 0.407 e. The van der Waals surface area contributed by atoms with E-state index < -0.39 is 28.9 Å². The molecule has 0 radical (unpaired) electrons. The molecule has 0 saturated heterocycles. The van der Waals surface area contributed by atoms with Crippen LogP contribution in [0.1, 0.15) is 31.9 Å². The van der Waals surface area contributed by atoms with Crippen LogP contribution in [0.25, 0.3) is 10.2 Å². The van der Waals surface area contributed by atoms with E-state index in [1.54, 1.807) is 0 Å². The number of aliphatic hydroxyl groups excluding tert-OH is 1. The summed E-state index contributed by atoms with van der Waals surface area (Å²) in [5, 5.41) is 17.3. The Bertz CT molecular complexity index is 1410. The molecule has 9 heteroatoms. The van der Waals surface area contributed by atoms with Crippen LogP contribution in [0.3, 0.4) is 0 Å². The van der Waals surface area contributed by atoms with Crippen molar-refractivity contribution in [2.45, 2.75) is 50.8 Å². The Morgan fingerprint density at radius 2 is 1.75 bits per heavy atom. The van der Waals surface area contributed by atoms with E-state index in [1.807, 2.05) is 67.6 Å². The topological polar surface area (TPSA) is 101 Å². The summed E-state index contributed by atoms with van der Waals surface area (Å²) in [6.45, 7) is 7.70. The normalized spacial score (nSPS) is 13.9. The monoisotopic (exact) mass is 578 g/mol. The predicted molar refractivity (Wildman–Crippen MR) is 168 cm³/mol. The van der Waals surface area contributed by atoms with Gasteiger partial charge < -0.3 is 20.9 Å². The fourth-order valence-corrected chi connectivity index (χ4v) is 7.33. The van der Waals surface area contributed by atoms with Gasteiger partial charge in [0.2, 0.25) is 0 Å². The number of nitrogens with zero attached hydrogens (tertiary/aromatic N) is 2. The standard InChI is InChI=1S/C31H38N4O3S2/c1-4-40(25-15-16-29-27(18-25)33-30(32)39-29)35(19-22(2)3)20-28(36)26(17-23-11-7-5-8-12-23)34-31(37)38-21-24-13-9-6-10-14-24/h4-16,18,22,26,28,36H,17,19-21H2,1-3H3,(H2,32,33)(H,34,37)/t26-,28+,40?/m0/s1. The van der Waals surface area contributed by atoms with Crippen LogP contribution < -0.4 is 11.1 Å². The summed E-state index contributed by atoms with van der Waals surface area (Å²) >= 11 is 1.48. The van der Waals surface area contributed by atoms with E-state index in [0.29, 0.717) is 24.0 Å². The molecule has 0 spiro atoms. The zero-order chi connectivity index (χ0) is 28.5. The van der Waals surface area contributed by atoms with Crippen molar-refractivity contribution in [1.82, 2.24) is 14.6 Å². The summed E-state index contributed by atoms with van der Waals surface area (Å²) in [6.07, 6.45) is -0.908. The van der Waals surface area contributed by atoms with E-state index >= 15 is 0 Å². The van der Waals surface area contributed by atoms with Crippen LogP contribution in [-0.4, -0.2) is 51.1 Å². The zero-order valence-corrected chi connectivity index (χ0v) is 24.8. The number of carbonyl (C=O) groups excluding carboxylic acids is 1. The van der Waals surface area contributed by atoms with Crippen molar-refractivity contribution in [2.75, 3.05) is 18.8 Å². The lowest BCUT2D eigenvalue weighted by Gasteiger charge is -2.33. The molecule has 0 aliphatic carbocycles. The van der Waals surface area contributed by atoms with Gasteiger partial charge in [0.1, 0.15) is 6.61 Å². The highest BCUT2D eigenvalue weighted by Gasteiger charge is 2.26. The van der Waals surface area contributed by atoms with Crippen LogP contribution >= 0.6 is 22.0 Å². The second kappa shape index (κ2) is 14.4. The molecule has 1 unspecified atom stereocenters. The highest BCUT2D eigenvalue weighted by molar-refractivity contribution is 8.13. The molecule has 0 aliphatic rings. The first-order valence-corrected chi connectivity index (χ1v) is 15.5. The van der Waals surface area contributed by atoms with E-state index in [2.05, 4.69) is 52.0 Å². The van der Waals surface area contributed by atoms with Gasteiger partial charge in [-0.3, -0.25) is 0 Å². The summed E-state index contributed by atoms with van der Waals surface area (Å²) in [6, 6.07) is 25.2. The Morgan fingerprint density at radius 1 is 1.07 bits per heavy atom. The van der Waals surface area contributed by atoms with Gasteiger partial charge in [0, 0.05) is 18.0 Å². The molecule has 0 bridgehead atoms. The Labute approximate surface area is 243 Å². The maximum atomic E-state index is 12.8. The number of alkyl carbamates (subject to hydrolysis) is 1. The van der Waals surface area contributed by atoms with E-state index in [-0.39, 0.29) is 6.61 Å². The van der Waals surface area contributed by atoms with Crippen LogP contribution in [0.2, 0.25) is 0 Å². The van der Waals surface area contributed by atoms with Crippen molar-refractivity contribution in [1.29, 1.82) is 0 Å². The minimum Gasteiger partial charge on any atom is -0.445 e. The van der Waals surface area contributed by atoms with Gasteiger partial charge in [0.15, 0.2) is 5.13 Å². The number of amides is 1. The van der Waals surface area contributed by atoms with Crippen LogP contribution in [0.5, 0.6) is 0 Å². The van der Waals surface area contributed by atoms with Crippen molar-refractivity contribution in [3.8, 4) is 0 Å². The quantitative estimate of drug-likeness (QED) is 0.176. The number of carbonyl (C=O) groups is 1. The highest BCUT2D eigenvalue weighted by atomic mass is 32.2. The Hall–Kier alpha value is -3.24. The largest absolute Gasteiger partial charge is 0.445 e. The first-order valence-electron chi connectivity index (χ1n) is 13.4. The molecule has 212 valence electrons. The molecule has 0 fully saturated rings. The SMILES string of the molecule is C/C=S(\c1ccc2sc(N)nc2c1)N(CC(C)C)C[C@@H](O)[C@H](Cc1ccccc1)NC(=O)OCc1ccccc1. The minimum absolute atomic E-state index is 0.165. The number of nitrogen functional groups attached to an aromatic ring is 1. The number of hydrogen-bond acceptors (Lipinski definition) is 7. The Balaban J connectivity index is 1.53. The van der Waals surface area contributed by atoms with Crippen LogP contribution in [0.4, 0.5) is 9.93 Å². The number of hydrogen-bond donors (Lipinski definition) is 3. The number of rotatable bonds is 12. The number of thiazole rings is 1. The molecule has 7 nitrogen and oxygen atoms in total. The van der Waals surface area contributed by atoms with Gasteiger partial charge in [-0.25, -0.2) is 14.1 Å². The number of fused-ring (bicyclic) bond motifs is 1. The van der Waals surface area contributed by atoms with Gasteiger partial charge >= 0.3 is 6.09 Å². The van der Waals surface area contributed by atoms with Gasteiger partial charge in [0.05, 0.1) is 22.4 Å². The highest BCUT2D eigenvalue weighted by Crippen LogP contribution is 2.35. The first-order chi connectivity index (χ1) is 19.3. The number of aromatic nitrogens is 1. The van der Waals surface area contributed by atoms with Crippen molar-refractivity contribution < 1.29 is 14.6 Å². The minimum atomic E-state index is -0.836. The van der Waals surface area contributed by atoms with E-state index in [1.165, 1.54) is 11.3 Å². The average Bonchev–Trinajstić information content (AvgIpc) is 3.32. The number of anilines is 1. The third-order valence-electron chi connectivity index (χ3n) is 6.36. The third kappa shape index (κ3) is 8.38. The van der Waals surface area contributed by atoms with Crippen LogP contribution in [-0.2, 0) is 17.8 Å². The lowest BCUT2D eigenvalue weighted by atomic mass is 10.0. The lowest BCUT2D eigenvalue weighted by Crippen LogP contribution is -2.49. The molecule has 40 heavy (non-hydrogen) atoms.